The second-order valence-electron chi connectivity index (χ2n) is 5.53. The summed E-state index contributed by atoms with van der Waals surface area (Å²) in [6.45, 7) is 2.37. The molecule has 1 unspecified atom stereocenters. The molecule has 25 heavy (non-hydrogen) atoms. The highest BCUT2D eigenvalue weighted by molar-refractivity contribution is 7.89. The number of sulfonamides is 1. The average molecular weight is 365 g/mol. The highest BCUT2D eigenvalue weighted by Crippen LogP contribution is 2.29. The van der Waals surface area contributed by atoms with Crippen LogP contribution in [0.25, 0.3) is 0 Å². The Morgan fingerprint density at radius 1 is 1.36 bits per heavy atom. The van der Waals surface area contributed by atoms with Crippen molar-refractivity contribution in [3.63, 3.8) is 0 Å². The van der Waals surface area contributed by atoms with E-state index in [2.05, 4.69) is 9.97 Å². The summed E-state index contributed by atoms with van der Waals surface area (Å²) >= 11 is 0. The third-order valence-electron chi connectivity index (χ3n) is 4.07. The van der Waals surface area contributed by atoms with Crippen molar-refractivity contribution in [3.8, 4) is 5.75 Å². The Bertz CT molecular complexity index is 860. The van der Waals surface area contributed by atoms with E-state index in [1.165, 1.54) is 25.6 Å². The van der Waals surface area contributed by atoms with Gasteiger partial charge in [0, 0.05) is 6.42 Å². The summed E-state index contributed by atoms with van der Waals surface area (Å²) in [5.41, 5.74) is 1.35. The number of methoxy groups -OCH3 is 1. The maximum Gasteiger partial charge on any atom is 0.324 e. The number of carbonyl (C=O) groups excluding carboxylic acids is 1. The van der Waals surface area contributed by atoms with Crippen LogP contribution in [-0.4, -0.2) is 48.4 Å². The van der Waals surface area contributed by atoms with Gasteiger partial charge in [-0.1, -0.05) is 0 Å². The Labute approximate surface area is 145 Å². The highest BCUT2D eigenvalue weighted by atomic mass is 32.2. The van der Waals surface area contributed by atoms with E-state index in [1.54, 1.807) is 12.1 Å². The summed E-state index contributed by atoms with van der Waals surface area (Å²) in [7, 11) is -2.65. The van der Waals surface area contributed by atoms with E-state index in [0.29, 0.717) is 23.7 Å². The van der Waals surface area contributed by atoms with Crippen molar-refractivity contribution in [1.29, 1.82) is 0 Å². The number of aromatic amines is 1. The van der Waals surface area contributed by atoms with Gasteiger partial charge in [0.2, 0.25) is 10.0 Å². The van der Waals surface area contributed by atoms with E-state index >= 15 is 0 Å². The number of aromatic nitrogens is 2. The van der Waals surface area contributed by atoms with Crippen LogP contribution >= 0.6 is 0 Å². The molecule has 0 bridgehead atoms. The fourth-order valence-electron chi connectivity index (χ4n) is 2.81. The third kappa shape index (κ3) is 3.24. The maximum atomic E-state index is 13.1. The number of nitrogens with zero attached hydrogens (tertiary/aromatic N) is 2. The van der Waals surface area contributed by atoms with E-state index in [0.717, 1.165) is 4.31 Å². The number of benzene rings is 1. The normalized spacial score (nSPS) is 17.8. The van der Waals surface area contributed by atoms with Gasteiger partial charge >= 0.3 is 5.97 Å². The first-order chi connectivity index (χ1) is 12.0. The van der Waals surface area contributed by atoms with Crippen LogP contribution in [0.4, 0.5) is 0 Å². The quantitative estimate of drug-likeness (QED) is 0.796. The van der Waals surface area contributed by atoms with Crippen LogP contribution in [0.5, 0.6) is 5.75 Å². The van der Waals surface area contributed by atoms with Crippen molar-refractivity contribution in [1.82, 2.24) is 14.3 Å². The van der Waals surface area contributed by atoms with Gasteiger partial charge in [0.1, 0.15) is 11.8 Å². The largest absolute Gasteiger partial charge is 0.494 e. The number of rotatable bonds is 5. The van der Waals surface area contributed by atoms with Crippen molar-refractivity contribution in [2.24, 2.45) is 0 Å². The number of esters is 1. The van der Waals surface area contributed by atoms with Crippen LogP contribution in [0.1, 0.15) is 18.3 Å². The predicted molar refractivity (Wildman–Crippen MR) is 88.4 cm³/mol. The van der Waals surface area contributed by atoms with Crippen LogP contribution < -0.4 is 4.74 Å². The molecule has 134 valence electrons. The van der Waals surface area contributed by atoms with Gasteiger partial charge < -0.3 is 14.5 Å². The van der Waals surface area contributed by atoms with Gasteiger partial charge in [-0.2, -0.15) is 4.31 Å². The van der Waals surface area contributed by atoms with E-state index in [9.17, 15) is 13.2 Å². The van der Waals surface area contributed by atoms with Gasteiger partial charge in [-0.3, -0.25) is 4.79 Å². The molecule has 3 rings (SSSR count). The number of nitrogens with one attached hydrogen (secondary N) is 1. The molecule has 0 fully saturated rings. The molecular weight excluding hydrogens is 346 g/mol. The Balaban J connectivity index is 1.97. The Morgan fingerprint density at radius 3 is 2.72 bits per heavy atom. The molecule has 1 atom stereocenters. The van der Waals surface area contributed by atoms with Crippen LogP contribution in [0.2, 0.25) is 0 Å². The first-order valence-corrected chi connectivity index (χ1v) is 9.25. The number of carbonyl (C=O) groups is 1. The lowest BCUT2D eigenvalue weighted by atomic mass is 10.1. The van der Waals surface area contributed by atoms with Crippen molar-refractivity contribution in [2.75, 3.05) is 13.7 Å². The second-order valence-corrected chi connectivity index (χ2v) is 7.42. The van der Waals surface area contributed by atoms with Gasteiger partial charge in [0.05, 0.1) is 42.9 Å². The maximum absolute atomic E-state index is 13.1. The molecule has 1 aromatic heterocycles. The first-order valence-electron chi connectivity index (χ1n) is 7.81. The average Bonchev–Trinajstić information content (AvgIpc) is 3.08. The van der Waals surface area contributed by atoms with E-state index in [-0.39, 0.29) is 17.9 Å². The molecule has 0 spiro atoms. The Hall–Kier alpha value is -2.39. The minimum Gasteiger partial charge on any atom is -0.494 e. The number of fused-ring (bicyclic) bond motifs is 1. The third-order valence-corrected chi connectivity index (χ3v) is 5.94. The second kappa shape index (κ2) is 6.85. The molecule has 1 aliphatic heterocycles. The summed E-state index contributed by atoms with van der Waals surface area (Å²) < 4.78 is 37.4. The van der Waals surface area contributed by atoms with Crippen LogP contribution in [0, 0.1) is 0 Å². The molecule has 0 saturated carbocycles. The number of hydrogen-bond acceptors (Lipinski definition) is 6. The van der Waals surface area contributed by atoms with Crippen LogP contribution in [0.15, 0.2) is 35.5 Å². The molecule has 2 heterocycles. The van der Waals surface area contributed by atoms with Gasteiger partial charge in [0.25, 0.3) is 0 Å². The molecule has 9 heteroatoms. The van der Waals surface area contributed by atoms with Crippen molar-refractivity contribution >= 4 is 16.0 Å². The number of H-pyrrole nitrogens is 1. The molecule has 2 aromatic rings. The number of hydrogen-bond donors (Lipinski definition) is 1. The Morgan fingerprint density at radius 2 is 2.08 bits per heavy atom. The fourth-order valence-corrected chi connectivity index (χ4v) is 4.36. The molecule has 8 nitrogen and oxygen atoms in total. The molecule has 1 N–H and O–H groups in total. The summed E-state index contributed by atoms with van der Waals surface area (Å²) in [6.07, 6.45) is 1.66. The summed E-state index contributed by atoms with van der Waals surface area (Å²) in [5, 5.41) is 0. The predicted octanol–water partition coefficient (Wildman–Crippen LogP) is 1.10. The monoisotopic (exact) mass is 365 g/mol. The number of imidazole rings is 1. The van der Waals surface area contributed by atoms with Gasteiger partial charge in [0.15, 0.2) is 0 Å². The summed E-state index contributed by atoms with van der Waals surface area (Å²) in [5.74, 6) is -0.0244. The minimum absolute atomic E-state index is 0.0324. The molecule has 1 aromatic carbocycles. The zero-order chi connectivity index (χ0) is 18.0. The summed E-state index contributed by atoms with van der Waals surface area (Å²) in [4.78, 5) is 19.3. The first kappa shape index (κ1) is 17.4. The number of ether oxygens (including phenoxy) is 2. The molecule has 0 aliphatic carbocycles. The van der Waals surface area contributed by atoms with Crippen molar-refractivity contribution < 1.29 is 22.7 Å². The van der Waals surface area contributed by atoms with Crippen molar-refractivity contribution in [3.05, 3.63) is 42.0 Å². The zero-order valence-corrected chi connectivity index (χ0v) is 14.7. The van der Waals surface area contributed by atoms with E-state index in [1.807, 2.05) is 6.92 Å². The van der Waals surface area contributed by atoms with Crippen molar-refractivity contribution in [2.45, 2.75) is 30.8 Å². The van der Waals surface area contributed by atoms with Gasteiger partial charge in [-0.15, -0.1) is 0 Å². The van der Waals surface area contributed by atoms with E-state index < -0.39 is 22.0 Å². The minimum atomic E-state index is -3.89. The SMILES string of the molecule is CCOc1ccc(S(=O)(=O)N2Cc3[nH]cnc3CC2C(=O)OC)cc1. The highest BCUT2D eigenvalue weighted by Gasteiger charge is 2.41. The standard InChI is InChI=1S/C16H19N3O5S/c1-3-24-11-4-6-12(7-5-11)25(21,22)19-9-14-13(17-10-18-14)8-15(19)16(20)23-2/h4-7,10,15H,3,8-9H2,1-2H3,(H,17,18). The smallest absolute Gasteiger partial charge is 0.324 e. The van der Waals surface area contributed by atoms with Gasteiger partial charge in [-0.25, -0.2) is 13.4 Å². The fraction of sp³-hybridized carbons (Fsp3) is 0.375. The topological polar surface area (TPSA) is 102 Å². The van der Waals surface area contributed by atoms with E-state index in [4.69, 9.17) is 9.47 Å². The van der Waals surface area contributed by atoms with Crippen LogP contribution in [0.3, 0.4) is 0 Å². The zero-order valence-electron chi connectivity index (χ0n) is 13.9. The lowest BCUT2D eigenvalue weighted by Crippen LogP contribution is -2.49. The Kier molecular flexibility index (Phi) is 4.78. The van der Waals surface area contributed by atoms with Crippen LogP contribution in [-0.2, 0) is 32.5 Å². The lowest BCUT2D eigenvalue weighted by Gasteiger charge is -2.32. The molecular formula is C16H19N3O5S. The molecule has 0 radical (unpaired) electrons. The lowest BCUT2D eigenvalue weighted by molar-refractivity contribution is -0.145. The molecule has 0 saturated heterocycles. The summed E-state index contributed by atoms with van der Waals surface area (Å²) in [6, 6.07) is 5.18. The molecule has 0 amide bonds. The van der Waals surface area contributed by atoms with Gasteiger partial charge in [-0.05, 0) is 31.2 Å². The molecule has 1 aliphatic rings.